The predicted molar refractivity (Wildman–Crippen MR) is 67.7 cm³/mol. The molecule has 1 amide bonds. The number of amides is 1. The van der Waals surface area contributed by atoms with Crippen molar-refractivity contribution in [3.05, 3.63) is 66.0 Å². The molecule has 3 rings (SSSR count). The average Bonchev–Trinajstić information content (AvgIpc) is 2.39. The maximum atomic E-state index is 12.9. The van der Waals surface area contributed by atoms with E-state index in [4.69, 9.17) is 0 Å². The van der Waals surface area contributed by atoms with Crippen molar-refractivity contribution in [2.75, 3.05) is 4.90 Å². The minimum Gasteiger partial charge on any atom is -0.304 e. The highest BCUT2D eigenvalue weighted by Gasteiger charge is 2.37. The Morgan fingerprint density at radius 3 is 2.28 bits per heavy atom. The van der Waals surface area contributed by atoms with Crippen LogP contribution in [0.4, 0.5) is 10.1 Å². The highest BCUT2D eigenvalue weighted by molar-refractivity contribution is 6.01. The number of halogens is 1. The Balaban J connectivity index is 1.91. The van der Waals surface area contributed by atoms with Gasteiger partial charge in [-0.1, -0.05) is 30.3 Å². The zero-order valence-corrected chi connectivity index (χ0v) is 9.71. The summed E-state index contributed by atoms with van der Waals surface area (Å²) >= 11 is 0. The molecule has 3 heteroatoms. The second-order valence-electron chi connectivity index (χ2n) is 4.37. The first-order valence-corrected chi connectivity index (χ1v) is 5.88. The van der Waals surface area contributed by atoms with Crippen molar-refractivity contribution in [1.82, 2.24) is 0 Å². The number of β-lactam (4-membered cyclic amide) rings is 1. The third-order valence-electron chi connectivity index (χ3n) is 3.24. The lowest BCUT2D eigenvalue weighted by atomic mass is 9.93. The molecule has 1 atom stereocenters. The minimum atomic E-state index is -0.289. The number of rotatable bonds is 2. The summed E-state index contributed by atoms with van der Waals surface area (Å²) in [6.07, 6.45) is 0.515. The lowest BCUT2D eigenvalue weighted by Crippen LogP contribution is -2.46. The Hall–Kier alpha value is -2.16. The summed E-state index contributed by atoms with van der Waals surface area (Å²) in [5.41, 5.74) is 1.86. The van der Waals surface area contributed by atoms with Gasteiger partial charge in [0.25, 0.3) is 0 Å². The molecule has 0 spiro atoms. The van der Waals surface area contributed by atoms with Crippen LogP contribution in [0.5, 0.6) is 0 Å². The quantitative estimate of drug-likeness (QED) is 0.739. The third-order valence-corrected chi connectivity index (χ3v) is 3.24. The molecule has 0 N–H and O–H groups in total. The van der Waals surface area contributed by atoms with Crippen LogP contribution in [0.1, 0.15) is 18.0 Å². The van der Waals surface area contributed by atoms with E-state index in [0.29, 0.717) is 6.42 Å². The Kier molecular flexibility index (Phi) is 2.59. The number of hydrogen-bond acceptors (Lipinski definition) is 1. The van der Waals surface area contributed by atoms with E-state index in [1.165, 1.54) is 12.1 Å². The van der Waals surface area contributed by atoms with Crippen LogP contribution in [0.25, 0.3) is 0 Å². The zero-order chi connectivity index (χ0) is 12.5. The van der Waals surface area contributed by atoms with Crippen LogP contribution in [0, 0.1) is 5.82 Å². The Labute approximate surface area is 105 Å². The molecule has 0 saturated carbocycles. The van der Waals surface area contributed by atoms with E-state index in [9.17, 15) is 9.18 Å². The van der Waals surface area contributed by atoms with Crippen LogP contribution < -0.4 is 4.90 Å². The summed E-state index contributed by atoms with van der Waals surface area (Å²) in [5.74, 6) is -0.210. The van der Waals surface area contributed by atoms with Crippen LogP contribution in [-0.4, -0.2) is 5.91 Å². The predicted octanol–water partition coefficient (Wildman–Crippen LogP) is 3.30. The van der Waals surface area contributed by atoms with Crippen LogP contribution in [-0.2, 0) is 4.79 Å². The molecule has 2 nitrogen and oxygen atoms in total. The van der Waals surface area contributed by atoms with Gasteiger partial charge in [-0.2, -0.15) is 0 Å². The lowest BCUT2D eigenvalue weighted by Gasteiger charge is -2.40. The van der Waals surface area contributed by atoms with Crippen molar-refractivity contribution in [3.8, 4) is 0 Å². The van der Waals surface area contributed by atoms with Gasteiger partial charge in [0, 0.05) is 5.69 Å². The molecule has 1 aliphatic rings. The van der Waals surface area contributed by atoms with E-state index in [2.05, 4.69) is 0 Å². The number of carbonyl (C=O) groups is 1. The molecule has 1 unspecified atom stereocenters. The van der Waals surface area contributed by atoms with Crippen LogP contribution in [0.3, 0.4) is 0 Å². The number of nitrogens with zero attached hydrogens (tertiary/aromatic N) is 1. The average molecular weight is 241 g/mol. The molecule has 1 aliphatic heterocycles. The van der Waals surface area contributed by atoms with Crippen LogP contribution >= 0.6 is 0 Å². The first-order chi connectivity index (χ1) is 8.75. The number of benzene rings is 2. The maximum absolute atomic E-state index is 12.9. The molecular formula is C15H12FNO. The Bertz CT molecular complexity index is 565. The second-order valence-corrected chi connectivity index (χ2v) is 4.37. The molecule has 1 heterocycles. The van der Waals surface area contributed by atoms with Crippen molar-refractivity contribution in [1.29, 1.82) is 0 Å². The first-order valence-electron chi connectivity index (χ1n) is 5.88. The highest BCUT2D eigenvalue weighted by Crippen LogP contribution is 2.38. The fourth-order valence-electron chi connectivity index (χ4n) is 2.28. The molecule has 0 radical (unpaired) electrons. The first kappa shape index (κ1) is 11.0. The molecule has 2 aromatic carbocycles. The van der Waals surface area contributed by atoms with Crippen molar-refractivity contribution in [2.45, 2.75) is 12.5 Å². The van der Waals surface area contributed by atoms with Gasteiger partial charge in [-0.05, 0) is 29.8 Å². The summed E-state index contributed by atoms with van der Waals surface area (Å²) in [6, 6.07) is 16.0. The Morgan fingerprint density at radius 1 is 1.00 bits per heavy atom. The maximum Gasteiger partial charge on any atom is 0.230 e. The van der Waals surface area contributed by atoms with Gasteiger partial charge in [0.05, 0.1) is 12.5 Å². The molecule has 0 aromatic heterocycles. The van der Waals surface area contributed by atoms with Crippen LogP contribution in [0.15, 0.2) is 54.6 Å². The Morgan fingerprint density at radius 2 is 1.67 bits per heavy atom. The van der Waals surface area contributed by atoms with Crippen molar-refractivity contribution >= 4 is 11.6 Å². The summed E-state index contributed by atoms with van der Waals surface area (Å²) < 4.78 is 12.9. The molecule has 1 fully saturated rings. The fourth-order valence-corrected chi connectivity index (χ4v) is 2.28. The molecule has 1 saturated heterocycles. The summed E-state index contributed by atoms with van der Waals surface area (Å²) in [6.45, 7) is 0. The highest BCUT2D eigenvalue weighted by atomic mass is 19.1. The van der Waals surface area contributed by atoms with Gasteiger partial charge in [0.15, 0.2) is 0 Å². The lowest BCUT2D eigenvalue weighted by molar-refractivity contribution is -0.124. The molecule has 90 valence electrons. The smallest absolute Gasteiger partial charge is 0.230 e. The molecule has 0 bridgehead atoms. The van der Waals surface area contributed by atoms with E-state index in [-0.39, 0.29) is 17.8 Å². The van der Waals surface area contributed by atoms with E-state index < -0.39 is 0 Å². The summed E-state index contributed by atoms with van der Waals surface area (Å²) in [5, 5.41) is 0. The zero-order valence-electron chi connectivity index (χ0n) is 9.71. The van der Waals surface area contributed by atoms with Crippen molar-refractivity contribution in [2.24, 2.45) is 0 Å². The molecule has 0 aliphatic carbocycles. The van der Waals surface area contributed by atoms with Gasteiger partial charge < -0.3 is 4.90 Å². The standard InChI is InChI=1S/C15H12FNO/c16-12-6-8-13(9-7-12)17-14(10-15(17)18)11-4-2-1-3-5-11/h1-9,14H,10H2. The number of carbonyl (C=O) groups excluding carboxylic acids is 1. The second kappa shape index (κ2) is 4.26. The monoisotopic (exact) mass is 241 g/mol. The van der Waals surface area contributed by atoms with Gasteiger partial charge >= 0.3 is 0 Å². The van der Waals surface area contributed by atoms with Gasteiger partial charge in [-0.25, -0.2) is 4.39 Å². The van der Waals surface area contributed by atoms with E-state index in [0.717, 1.165) is 11.3 Å². The third kappa shape index (κ3) is 1.78. The van der Waals surface area contributed by atoms with Gasteiger partial charge in [-0.3, -0.25) is 4.79 Å². The summed E-state index contributed by atoms with van der Waals surface area (Å²) in [7, 11) is 0. The molecular weight excluding hydrogens is 229 g/mol. The van der Waals surface area contributed by atoms with E-state index >= 15 is 0 Å². The number of anilines is 1. The molecule has 2 aromatic rings. The molecule has 18 heavy (non-hydrogen) atoms. The van der Waals surface area contributed by atoms with Crippen molar-refractivity contribution < 1.29 is 9.18 Å². The van der Waals surface area contributed by atoms with E-state index in [1.54, 1.807) is 17.0 Å². The normalized spacial score (nSPS) is 18.6. The van der Waals surface area contributed by atoms with Gasteiger partial charge in [0.2, 0.25) is 5.91 Å². The van der Waals surface area contributed by atoms with Crippen LogP contribution in [0.2, 0.25) is 0 Å². The van der Waals surface area contributed by atoms with Crippen molar-refractivity contribution in [3.63, 3.8) is 0 Å². The topological polar surface area (TPSA) is 20.3 Å². The van der Waals surface area contributed by atoms with Gasteiger partial charge in [0.1, 0.15) is 5.82 Å². The van der Waals surface area contributed by atoms with Gasteiger partial charge in [-0.15, -0.1) is 0 Å². The minimum absolute atomic E-state index is 0.0733. The number of hydrogen-bond donors (Lipinski definition) is 0. The summed E-state index contributed by atoms with van der Waals surface area (Å²) in [4.78, 5) is 13.4. The SMILES string of the molecule is O=C1CC(c2ccccc2)N1c1ccc(F)cc1. The largest absolute Gasteiger partial charge is 0.304 e. The fraction of sp³-hybridized carbons (Fsp3) is 0.133. The van der Waals surface area contributed by atoms with E-state index in [1.807, 2.05) is 30.3 Å².